The van der Waals surface area contributed by atoms with Gasteiger partial charge >= 0.3 is 0 Å². The average molecular weight is 363 g/mol. The van der Waals surface area contributed by atoms with E-state index in [2.05, 4.69) is 103 Å². The second-order valence-corrected chi connectivity index (χ2v) is 22.3. The van der Waals surface area contributed by atoms with E-state index in [1.54, 1.807) is 19.8 Å². The van der Waals surface area contributed by atoms with Crippen molar-refractivity contribution in [2.75, 3.05) is 0 Å². The predicted octanol–water partition coefficient (Wildman–Crippen LogP) is 6.33. The SMILES string of the molecule is CC(C)(C)[Si](C)(C)c1sc([Si](C)(C)C(C)(C)C)c2ccccc12. The largest absolute Gasteiger partial charge is 0.153 e. The van der Waals surface area contributed by atoms with Crippen molar-refractivity contribution in [3.8, 4) is 0 Å². The van der Waals surface area contributed by atoms with Gasteiger partial charge in [-0.05, 0) is 29.8 Å². The zero-order chi connectivity index (χ0) is 17.8. The molecule has 0 aliphatic heterocycles. The zero-order valence-electron chi connectivity index (χ0n) is 16.7. The molecule has 2 aromatic rings. The zero-order valence-corrected chi connectivity index (χ0v) is 19.5. The number of rotatable bonds is 2. The Morgan fingerprint density at radius 2 is 0.957 bits per heavy atom. The highest BCUT2D eigenvalue weighted by atomic mass is 32.1. The molecule has 3 heteroatoms. The van der Waals surface area contributed by atoms with E-state index in [4.69, 9.17) is 0 Å². The number of hydrogen-bond acceptors (Lipinski definition) is 1. The van der Waals surface area contributed by atoms with E-state index in [0.717, 1.165) is 0 Å². The second-order valence-electron chi connectivity index (χ2n) is 10.1. The first-order valence-electron chi connectivity index (χ1n) is 8.74. The van der Waals surface area contributed by atoms with Crippen LogP contribution in [0.2, 0.25) is 36.3 Å². The fourth-order valence-corrected chi connectivity index (χ4v) is 11.4. The molecular weight excluding hydrogens is 328 g/mol. The maximum Gasteiger partial charge on any atom is 0.0995 e. The van der Waals surface area contributed by atoms with Crippen molar-refractivity contribution in [2.24, 2.45) is 0 Å². The maximum absolute atomic E-state index is 2.56. The van der Waals surface area contributed by atoms with E-state index < -0.39 is 16.1 Å². The van der Waals surface area contributed by atoms with E-state index in [1.165, 1.54) is 0 Å². The van der Waals surface area contributed by atoms with Gasteiger partial charge in [-0.2, -0.15) is 11.3 Å². The Hall–Kier alpha value is -0.386. The Labute approximate surface area is 149 Å². The van der Waals surface area contributed by atoms with Crippen LogP contribution in [0.3, 0.4) is 0 Å². The highest BCUT2D eigenvalue weighted by molar-refractivity contribution is 7.38. The lowest BCUT2D eigenvalue weighted by Crippen LogP contribution is -2.50. The summed E-state index contributed by atoms with van der Waals surface area (Å²) in [7, 11) is -3.04. The van der Waals surface area contributed by atoms with E-state index in [1.807, 2.05) is 0 Å². The van der Waals surface area contributed by atoms with Gasteiger partial charge in [-0.3, -0.25) is 0 Å². The summed E-state index contributed by atoms with van der Waals surface area (Å²) >= 11 is 2.16. The smallest absolute Gasteiger partial charge is 0.0995 e. The minimum atomic E-state index is -1.52. The van der Waals surface area contributed by atoms with Crippen LogP contribution in [-0.2, 0) is 0 Å². The number of thiophene rings is 1. The minimum Gasteiger partial charge on any atom is -0.153 e. The second kappa shape index (κ2) is 5.57. The molecule has 0 fully saturated rings. The molecule has 0 nitrogen and oxygen atoms in total. The molecule has 0 unspecified atom stereocenters. The lowest BCUT2D eigenvalue weighted by Gasteiger charge is -2.37. The van der Waals surface area contributed by atoms with E-state index in [0.29, 0.717) is 10.1 Å². The van der Waals surface area contributed by atoms with Gasteiger partial charge in [0.1, 0.15) is 0 Å². The van der Waals surface area contributed by atoms with E-state index >= 15 is 0 Å². The predicted molar refractivity (Wildman–Crippen MR) is 115 cm³/mol. The highest BCUT2D eigenvalue weighted by Gasteiger charge is 2.44. The molecule has 0 atom stereocenters. The topological polar surface area (TPSA) is 0 Å². The van der Waals surface area contributed by atoms with Gasteiger partial charge in [0.15, 0.2) is 0 Å². The van der Waals surface area contributed by atoms with Gasteiger partial charge in [-0.1, -0.05) is 92.0 Å². The van der Waals surface area contributed by atoms with Crippen LogP contribution >= 0.6 is 11.3 Å². The van der Waals surface area contributed by atoms with Gasteiger partial charge < -0.3 is 0 Å². The first-order chi connectivity index (χ1) is 10.2. The van der Waals surface area contributed by atoms with Crippen LogP contribution in [0.1, 0.15) is 41.5 Å². The van der Waals surface area contributed by atoms with Crippen LogP contribution in [0.4, 0.5) is 0 Å². The van der Waals surface area contributed by atoms with Gasteiger partial charge in [0, 0.05) is 0 Å². The summed E-state index contributed by atoms with van der Waals surface area (Å²) in [5.74, 6) is 0. The molecule has 0 bridgehead atoms. The minimum absolute atomic E-state index is 0.380. The van der Waals surface area contributed by atoms with Crippen LogP contribution < -0.4 is 9.00 Å². The Morgan fingerprint density at radius 1 is 0.652 bits per heavy atom. The summed E-state index contributed by atoms with van der Waals surface area (Å²) in [6, 6.07) is 9.19. The Kier molecular flexibility index (Phi) is 4.59. The normalized spacial score (nSPS) is 14.5. The van der Waals surface area contributed by atoms with Gasteiger partial charge in [-0.25, -0.2) is 0 Å². The summed E-state index contributed by atoms with van der Waals surface area (Å²) in [6.07, 6.45) is 0. The fraction of sp³-hybridized carbons (Fsp3) is 0.600. The molecule has 0 amide bonds. The van der Waals surface area contributed by atoms with Crippen molar-refractivity contribution in [1.82, 2.24) is 0 Å². The first-order valence-corrected chi connectivity index (χ1v) is 15.6. The Balaban J connectivity index is 2.83. The lowest BCUT2D eigenvalue weighted by atomic mass is 10.2. The standard InChI is InChI=1S/C20H34SSi2/c1-19(2,3)22(7,8)17-15-13-11-12-14-16(15)18(21-17)23(9,10)20(4,5)6/h11-14H,1-10H3. The van der Waals surface area contributed by atoms with Crippen molar-refractivity contribution < 1.29 is 0 Å². The van der Waals surface area contributed by atoms with Crippen LogP contribution in [0.5, 0.6) is 0 Å². The van der Waals surface area contributed by atoms with Crippen molar-refractivity contribution in [2.45, 2.75) is 77.8 Å². The quantitative estimate of drug-likeness (QED) is 0.547. The molecule has 23 heavy (non-hydrogen) atoms. The summed E-state index contributed by atoms with van der Waals surface area (Å²) < 4.78 is 3.42. The molecule has 0 saturated heterocycles. The Morgan fingerprint density at radius 3 is 1.22 bits per heavy atom. The number of fused-ring (bicyclic) bond motifs is 1. The summed E-state index contributed by atoms with van der Waals surface area (Å²) in [5.41, 5.74) is 0. The molecule has 0 aliphatic carbocycles. The van der Waals surface area contributed by atoms with Crippen molar-refractivity contribution in [3.05, 3.63) is 24.3 Å². The fourth-order valence-electron chi connectivity index (χ4n) is 2.70. The molecule has 1 heterocycles. The molecule has 2 rings (SSSR count). The number of benzene rings is 1. The molecule has 0 radical (unpaired) electrons. The van der Waals surface area contributed by atoms with Crippen LogP contribution in [0.25, 0.3) is 10.8 Å². The highest BCUT2D eigenvalue weighted by Crippen LogP contribution is 2.41. The van der Waals surface area contributed by atoms with Crippen molar-refractivity contribution in [1.29, 1.82) is 0 Å². The summed E-state index contributed by atoms with van der Waals surface area (Å²) in [6.45, 7) is 24.8. The molecule has 0 aliphatic rings. The first kappa shape index (κ1) is 18.9. The van der Waals surface area contributed by atoms with Crippen LogP contribution in [0, 0.1) is 0 Å². The average Bonchev–Trinajstić information content (AvgIpc) is 2.76. The third-order valence-electron chi connectivity index (χ3n) is 6.51. The molecule has 0 spiro atoms. The van der Waals surface area contributed by atoms with Gasteiger partial charge in [0.25, 0.3) is 0 Å². The monoisotopic (exact) mass is 362 g/mol. The Bertz CT molecular complexity index is 649. The third-order valence-corrected chi connectivity index (χ3v) is 21.3. The summed E-state index contributed by atoms with van der Waals surface area (Å²) in [4.78, 5) is 0. The van der Waals surface area contributed by atoms with Gasteiger partial charge in [0.2, 0.25) is 0 Å². The number of hydrogen-bond donors (Lipinski definition) is 0. The van der Waals surface area contributed by atoms with Crippen molar-refractivity contribution in [3.63, 3.8) is 0 Å². The van der Waals surface area contributed by atoms with Crippen molar-refractivity contribution >= 4 is 47.3 Å². The van der Waals surface area contributed by atoms with Gasteiger partial charge in [-0.15, -0.1) is 0 Å². The molecular formula is C20H34SSi2. The molecule has 128 valence electrons. The molecule has 0 saturated carbocycles. The van der Waals surface area contributed by atoms with Crippen LogP contribution in [-0.4, -0.2) is 16.1 Å². The van der Waals surface area contributed by atoms with E-state index in [9.17, 15) is 0 Å². The molecule has 0 N–H and O–H groups in total. The van der Waals surface area contributed by atoms with Crippen LogP contribution in [0.15, 0.2) is 24.3 Å². The third kappa shape index (κ3) is 3.00. The maximum atomic E-state index is 2.56. The van der Waals surface area contributed by atoms with Gasteiger partial charge in [0.05, 0.1) is 16.1 Å². The molecule has 1 aromatic carbocycles. The molecule has 1 aromatic heterocycles. The lowest BCUT2D eigenvalue weighted by molar-refractivity contribution is 0.730. The summed E-state index contributed by atoms with van der Waals surface area (Å²) in [5, 5.41) is 3.85. The van der Waals surface area contributed by atoms with E-state index in [-0.39, 0.29) is 0 Å².